The number of carboxylic acid groups (broad SMARTS) is 1. The van der Waals surface area contributed by atoms with Crippen molar-refractivity contribution in [1.82, 2.24) is 0 Å². The molecule has 3 nitrogen and oxygen atoms in total. The maximum atomic E-state index is 10.8. The number of aliphatic carboxylic acids is 1. The summed E-state index contributed by atoms with van der Waals surface area (Å²) in [6, 6.07) is 6.27. The van der Waals surface area contributed by atoms with Gasteiger partial charge < -0.3 is 10.2 Å². The van der Waals surface area contributed by atoms with E-state index in [0.29, 0.717) is 6.42 Å². The first-order chi connectivity index (χ1) is 7.15. The van der Waals surface area contributed by atoms with Crippen molar-refractivity contribution in [3.8, 4) is 5.75 Å². The van der Waals surface area contributed by atoms with Crippen LogP contribution >= 0.6 is 0 Å². The molecule has 1 aromatic carbocycles. The maximum absolute atomic E-state index is 10.8. The van der Waals surface area contributed by atoms with Crippen LogP contribution in [0.15, 0.2) is 24.3 Å². The minimum absolute atomic E-state index is 0.156. The molecule has 1 unspecified atom stereocenters. The Morgan fingerprint density at radius 2 is 1.73 bits per heavy atom. The van der Waals surface area contributed by atoms with Crippen molar-refractivity contribution in [2.24, 2.45) is 0 Å². The lowest BCUT2D eigenvalue weighted by atomic mass is 9.97. The molecule has 0 heterocycles. The van der Waals surface area contributed by atoms with Gasteiger partial charge in [-0.1, -0.05) is 32.9 Å². The monoisotopic (exact) mass is 210 g/mol. The number of carbonyl (C=O) groups is 1. The van der Waals surface area contributed by atoms with E-state index in [2.05, 4.69) is 0 Å². The van der Waals surface area contributed by atoms with Crippen LogP contribution in [-0.4, -0.2) is 16.2 Å². The molecule has 1 aromatic rings. The van der Waals surface area contributed by atoms with Crippen LogP contribution in [0.4, 0.5) is 0 Å². The zero-order valence-electron chi connectivity index (χ0n) is 9.40. The average Bonchev–Trinajstić information content (AvgIpc) is 2.24. The van der Waals surface area contributed by atoms with Crippen LogP contribution in [0.5, 0.6) is 5.75 Å². The van der Waals surface area contributed by atoms with Crippen LogP contribution in [0, 0.1) is 0 Å². The van der Waals surface area contributed by atoms with Gasteiger partial charge in [-0.05, 0) is 24.1 Å². The molecule has 3 heteroatoms. The second kappa shape index (κ2) is 6.87. The van der Waals surface area contributed by atoms with Crippen LogP contribution in [0.1, 0.15) is 38.7 Å². The Morgan fingerprint density at radius 1 is 1.27 bits per heavy atom. The molecule has 84 valence electrons. The Morgan fingerprint density at radius 3 is 2.07 bits per heavy atom. The summed E-state index contributed by atoms with van der Waals surface area (Å²) in [5.41, 5.74) is 0.729. The van der Waals surface area contributed by atoms with Crippen LogP contribution in [0.2, 0.25) is 0 Å². The first-order valence-electron chi connectivity index (χ1n) is 5.17. The van der Waals surface area contributed by atoms with Crippen molar-refractivity contribution >= 4 is 5.97 Å². The molecule has 0 radical (unpaired) electrons. The van der Waals surface area contributed by atoms with E-state index in [4.69, 9.17) is 10.2 Å². The predicted octanol–water partition coefficient (Wildman–Crippen LogP) is 3.00. The molecule has 0 spiro atoms. The summed E-state index contributed by atoms with van der Waals surface area (Å²) >= 11 is 0. The quantitative estimate of drug-likeness (QED) is 0.806. The molecule has 0 aliphatic carbocycles. The van der Waals surface area contributed by atoms with Crippen molar-refractivity contribution in [1.29, 1.82) is 0 Å². The van der Waals surface area contributed by atoms with Gasteiger partial charge in [0.1, 0.15) is 5.75 Å². The molecule has 15 heavy (non-hydrogen) atoms. The SMILES string of the molecule is CC.CCC(C(=O)O)c1ccc(O)cc1. The van der Waals surface area contributed by atoms with Gasteiger partial charge in [0.05, 0.1) is 5.92 Å². The zero-order chi connectivity index (χ0) is 11.8. The number of benzene rings is 1. The number of hydrogen-bond acceptors (Lipinski definition) is 2. The van der Waals surface area contributed by atoms with Gasteiger partial charge in [-0.3, -0.25) is 4.79 Å². The second-order valence-corrected chi connectivity index (χ2v) is 2.89. The van der Waals surface area contributed by atoms with Crippen LogP contribution in [0.25, 0.3) is 0 Å². The van der Waals surface area contributed by atoms with Gasteiger partial charge >= 0.3 is 5.97 Å². The Bertz CT molecular complexity index is 290. The van der Waals surface area contributed by atoms with E-state index in [9.17, 15) is 4.79 Å². The highest BCUT2D eigenvalue weighted by Gasteiger charge is 2.16. The number of rotatable bonds is 3. The predicted molar refractivity (Wildman–Crippen MR) is 60.1 cm³/mol. The van der Waals surface area contributed by atoms with Gasteiger partial charge in [0, 0.05) is 0 Å². The molecule has 0 aromatic heterocycles. The van der Waals surface area contributed by atoms with Gasteiger partial charge in [-0.25, -0.2) is 0 Å². The number of phenolic OH excluding ortho intramolecular Hbond substituents is 1. The van der Waals surface area contributed by atoms with Crippen LogP contribution in [0.3, 0.4) is 0 Å². The summed E-state index contributed by atoms with van der Waals surface area (Å²) in [6.45, 7) is 5.83. The number of phenols is 1. The minimum atomic E-state index is -0.826. The topological polar surface area (TPSA) is 57.5 Å². The van der Waals surface area contributed by atoms with E-state index in [1.165, 1.54) is 12.1 Å². The molecule has 0 aliphatic rings. The summed E-state index contributed by atoms with van der Waals surface area (Å²) in [5.74, 6) is -1.14. The lowest BCUT2D eigenvalue weighted by Crippen LogP contribution is -2.09. The van der Waals surface area contributed by atoms with Gasteiger partial charge in [-0.15, -0.1) is 0 Å². The maximum Gasteiger partial charge on any atom is 0.310 e. The van der Waals surface area contributed by atoms with Crippen molar-refractivity contribution < 1.29 is 15.0 Å². The highest BCUT2D eigenvalue weighted by atomic mass is 16.4. The van der Waals surface area contributed by atoms with E-state index in [1.54, 1.807) is 12.1 Å². The van der Waals surface area contributed by atoms with Crippen molar-refractivity contribution in [3.63, 3.8) is 0 Å². The Labute approximate surface area is 90.4 Å². The highest BCUT2D eigenvalue weighted by molar-refractivity contribution is 5.76. The summed E-state index contributed by atoms with van der Waals surface area (Å²) in [4.78, 5) is 10.8. The van der Waals surface area contributed by atoms with E-state index in [1.807, 2.05) is 20.8 Å². The molecular formula is C12H18O3. The number of hydrogen-bond donors (Lipinski definition) is 2. The van der Waals surface area contributed by atoms with E-state index in [-0.39, 0.29) is 5.75 Å². The Kier molecular flexibility index (Phi) is 6.18. The molecule has 0 saturated heterocycles. The lowest BCUT2D eigenvalue weighted by molar-refractivity contribution is -0.138. The van der Waals surface area contributed by atoms with E-state index in [0.717, 1.165) is 5.56 Å². The molecule has 0 aliphatic heterocycles. The fourth-order valence-electron chi connectivity index (χ4n) is 1.26. The normalized spacial score (nSPS) is 11.1. The number of aromatic hydroxyl groups is 1. The smallest absolute Gasteiger partial charge is 0.310 e. The summed E-state index contributed by atoms with van der Waals surface area (Å²) < 4.78 is 0. The second-order valence-electron chi connectivity index (χ2n) is 2.89. The van der Waals surface area contributed by atoms with Gasteiger partial charge in [-0.2, -0.15) is 0 Å². The van der Waals surface area contributed by atoms with E-state index < -0.39 is 11.9 Å². The zero-order valence-corrected chi connectivity index (χ0v) is 9.40. The third kappa shape index (κ3) is 4.02. The van der Waals surface area contributed by atoms with Crippen LogP contribution in [-0.2, 0) is 4.79 Å². The molecule has 0 bridgehead atoms. The molecule has 2 N–H and O–H groups in total. The first kappa shape index (κ1) is 13.5. The van der Waals surface area contributed by atoms with Crippen molar-refractivity contribution in [3.05, 3.63) is 29.8 Å². The first-order valence-corrected chi connectivity index (χ1v) is 5.17. The third-order valence-electron chi connectivity index (χ3n) is 2.00. The summed E-state index contributed by atoms with van der Waals surface area (Å²) in [7, 11) is 0. The summed E-state index contributed by atoms with van der Waals surface area (Å²) in [6.07, 6.45) is 0.556. The Hall–Kier alpha value is -1.51. The standard InChI is InChI=1S/C10H12O3.C2H6/c1-2-9(10(12)13)7-3-5-8(11)6-4-7;1-2/h3-6,9,11H,2H2,1H3,(H,12,13);1-2H3. The molecule has 0 saturated carbocycles. The highest BCUT2D eigenvalue weighted by Crippen LogP contribution is 2.21. The van der Waals surface area contributed by atoms with Crippen LogP contribution < -0.4 is 0 Å². The van der Waals surface area contributed by atoms with Gasteiger partial charge in [0.15, 0.2) is 0 Å². The van der Waals surface area contributed by atoms with Gasteiger partial charge in [0.25, 0.3) is 0 Å². The minimum Gasteiger partial charge on any atom is -0.508 e. The fourth-order valence-corrected chi connectivity index (χ4v) is 1.26. The molecule has 0 fully saturated rings. The van der Waals surface area contributed by atoms with Crippen molar-refractivity contribution in [2.45, 2.75) is 33.1 Å². The van der Waals surface area contributed by atoms with Gasteiger partial charge in [0.2, 0.25) is 0 Å². The fraction of sp³-hybridized carbons (Fsp3) is 0.417. The lowest BCUT2D eigenvalue weighted by Gasteiger charge is -2.09. The largest absolute Gasteiger partial charge is 0.508 e. The molecule has 1 rings (SSSR count). The Balaban J connectivity index is 0.000000921. The number of carboxylic acids is 1. The summed E-state index contributed by atoms with van der Waals surface area (Å²) in [5, 5.41) is 17.8. The van der Waals surface area contributed by atoms with E-state index >= 15 is 0 Å². The molecule has 1 atom stereocenters. The average molecular weight is 210 g/mol. The van der Waals surface area contributed by atoms with Crippen molar-refractivity contribution in [2.75, 3.05) is 0 Å². The molecule has 0 amide bonds. The third-order valence-corrected chi connectivity index (χ3v) is 2.00. The molecular weight excluding hydrogens is 192 g/mol.